The number of hydrogen-bond donors (Lipinski definition) is 3. The van der Waals surface area contributed by atoms with E-state index in [0.717, 1.165) is 32.7 Å². The van der Waals surface area contributed by atoms with Crippen LogP contribution in [-0.2, 0) is 17.7 Å². The second kappa shape index (κ2) is 13.6. The number of thiophene rings is 1. The normalized spacial score (nSPS) is 11.9. The molecule has 0 spiro atoms. The van der Waals surface area contributed by atoms with Crippen molar-refractivity contribution in [3.8, 4) is 27.3 Å². The van der Waals surface area contributed by atoms with E-state index >= 15 is 0 Å². The minimum absolute atomic E-state index is 0.155. The van der Waals surface area contributed by atoms with E-state index in [-0.39, 0.29) is 33.2 Å². The number of halogens is 2. The molecule has 6 rings (SSSR count). The summed E-state index contributed by atoms with van der Waals surface area (Å²) in [6.07, 6.45) is 0.683. The Hall–Kier alpha value is -5.10. The second-order valence-electron chi connectivity index (χ2n) is 11.2. The summed E-state index contributed by atoms with van der Waals surface area (Å²) in [5.74, 6) is -2.35. The van der Waals surface area contributed by atoms with Gasteiger partial charge in [0, 0.05) is 45.8 Å². The van der Waals surface area contributed by atoms with Gasteiger partial charge < -0.3 is 25.8 Å². The Bertz CT molecular complexity index is 2090. The molecule has 5 aromatic rings. The number of methoxy groups -OCH3 is 1. The summed E-state index contributed by atoms with van der Waals surface area (Å²) < 4.78 is 25.7. The van der Waals surface area contributed by atoms with Crippen LogP contribution in [0.1, 0.15) is 53.6 Å². The van der Waals surface area contributed by atoms with Crippen LogP contribution in [0.15, 0.2) is 66.0 Å². The molecule has 1 aliphatic rings. The highest BCUT2D eigenvalue weighted by Crippen LogP contribution is 2.43. The van der Waals surface area contributed by atoms with Crippen LogP contribution >= 0.6 is 22.9 Å². The van der Waals surface area contributed by atoms with Crippen molar-refractivity contribution in [2.45, 2.75) is 26.8 Å². The van der Waals surface area contributed by atoms with Gasteiger partial charge >= 0.3 is 5.97 Å². The van der Waals surface area contributed by atoms with Crippen molar-refractivity contribution in [3.63, 3.8) is 0 Å². The number of benzene rings is 3. The third kappa shape index (κ3) is 6.27. The van der Waals surface area contributed by atoms with Crippen LogP contribution in [0.3, 0.4) is 0 Å². The molecule has 2 aromatic heterocycles. The fourth-order valence-corrected chi connectivity index (χ4v) is 6.87. The first-order valence-corrected chi connectivity index (χ1v) is 16.2. The van der Waals surface area contributed by atoms with E-state index in [1.165, 1.54) is 37.4 Å². The van der Waals surface area contributed by atoms with Crippen molar-refractivity contribution in [2.24, 2.45) is 5.73 Å². The second-order valence-corrected chi connectivity index (χ2v) is 12.5. The predicted molar refractivity (Wildman–Crippen MR) is 185 cm³/mol. The monoisotopic (exact) mass is 684 g/mol. The van der Waals surface area contributed by atoms with Crippen molar-refractivity contribution >= 4 is 52.1 Å². The summed E-state index contributed by atoms with van der Waals surface area (Å²) in [7, 11) is 1.19. The lowest BCUT2D eigenvalue weighted by Crippen LogP contribution is -2.19. The molecule has 0 aliphatic carbocycles. The zero-order valence-electron chi connectivity index (χ0n) is 26.2. The number of nitrogens with two attached hydrogens (primary N) is 1. The number of carbonyl (C=O) groups excluding carboxylic acids is 3. The lowest BCUT2D eigenvalue weighted by molar-refractivity contribution is 0.0594. The zero-order chi connectivity index (χ0) is 34.1. The van der Waals surface area contributed by atoms with Gasteiger partial charge in [-0.25, -0.2) is 14.2 Å². The lowest BCUT2D eigenvalue weighted by Gasteiger charge is -2.19. The number of ether oxygens (including phenoxy) is 2. The number of nitrogens with zero attached hydrogens (tertiary/aromatic N) is 1. The molecule has 0 fully saturated rings. The van der Waals surface area contributed by atoms with Gasteiger partial charge in [0.25, 0.3) is 11.8 Å². The summed E-state index contributed by atoms with van der Waals surface area (Å²) in [5, 5.41) is 7.33. The highest BCUT2D eigenvalue weighted by molar-refractivity contribution is 7.13. The molecule has 4 N–H and O–H groups in total. The van der Waals surface area contributed by atoms with Crippen molar-refractivity contribution in [1.82, 2.24) is 4.98 Å². The van der Waals surface area contributed by atoms with E-state index in [1.54, 1.807) is 23.5 Å². The van der Waals surface area contributed by atoms with Crippen molar-refractivity contribution in [2.75, 3.05) is 24.4 Å². The largest absolute Gasteiger partial charge is 0.493 e. The van der Waals surface area contributed by atoms with E-state index in [0.29, 0.717) is 36.6 Å². The summed E-state index contributed by atoms with van der Waals surface area (Å²) in [6.45, 7) is 4.56. The summed E-state index contributed by atoms with van der Waals surface area (Å²) in [4.78, 5) is 45.9. The van der Waals surface area contributed by atoms with Gasteiger partial charge in [0.15, 0.2) is 11.5 Å². The number of rotatable bonds is 7. The van der Waals surface area contributed by atoms with Gasteiger partial charge in [-0.1, -0.05) is 29.8 Å². The van der Waals surface area contributed by atoms with Crippen molar-refractivity contribution in [3.05, 3.63) is 116 Å². The van der Waals surface area contributed by atoms with Crippen molar-refractivity contribution < 1.29 is 28.2 Å². The third-order valence-electron chi connectivity index (χ3n) is 8.05. The van der Waals surface area contributed by atoms with Gasteiger partial charge in [-0.15, -0.1) is 11.3 Å². The smallest absolute Gasteiger partial charge is 0.357 e. The van der Waals surface area contributed by atoms with Crippen LogP contribution in [-0.4, -0.2) is 36.5 Å². The molecule has 3 heterocycles. The number of esters is 1. The fraction of sp³-hybridized carbons (Fsp3) is 0.167. The topological polar surface area (TPSA) is 133 Å². The van der Waals surface area contributed by atoms with E-state index in [9.17, 15) is 18.8 Å². The van der Waals surface area contributed by atoms with Crippen LogP contribution in [0, 0.1) is 19.7 Å². The van der Waals surface area contributed by atoms with E-state index in [4.69, 9.17) is 26.8 Å². The van der Waals surface area contributed by atoms with Gasteiger partial charge in [0.1, 0.15) is 11.4 Å². The average Bonchev–Trinajstić information content (AvgIpc) is 3.48. The van der Waals surface area contributed by atoms with Crippen LogP contribution in [0.2, 0.25) is 5.02 Å². The summed E-state index contributed by atoms with van der Waals surface area (Å²) in [6, 6.07) is 16.4. The average molecular weight is 685 g/mol. The van der Waals surface area contributed by atoms with Crippen LogP contribution in [0.25, 0.3) is 21.6 Å². The Morgan fingerprint density at radius 1 is 1.00 bits per heavy atom. The molecule has 0 radical (unpaired) electrons. The van der Waals surface area contributed by atoms with Gasteiger partial charge in [0.2, 0.25) is 0 Å². The highest BCUT2D eigenvalue weighted by Gasteiger charge is 2.27. The van der Waals surface area contributed by atoms with Crippen LogP contribution in [0.5, 0.6) is 5.75 Å². The van der Waals surface area contributed by atoms with Gasteiger partial charge in [0.05, 0.1) is 24.4 Å². The van der Waals surface area contributed by atoms with Crippen molar-refractivity contribution in [1.29, 1.82) is 0 Å². The number of aryl methyl sites for hydroxylation is 2. The maximum atomic E-state index is 14.5. The summed E-state index contributed by atoms with van der Waals surface area (Å²) in [5.41, 5.74) is 11.2. The third-order valence-corrected chi connectivity index (χ3v) is 9.33. The number of aromatic nitrogens is 1. The number of carbonyl (C=O) groups is 3. The molecule has 1 aliphatic heterocycles. The lowest BCUT2D eigenvalue weighted by atomic mass is 9.93. The molecule has 244 valence electrons. The molecule has 9 nitrogen and oxygen atoms in total. The minimum Gasteiger partial charge on any atom is -0.493 e. The first kappa shape index (κ1) is 32.8. The maximum Gasteiger partial charge on any atom is 0.357 e. The van der Waals surface area contributed by atoms with Crippen LogP contribution in [0.4, 0.5) is 15.8 Å². The molecule has 0 saturated carbocycles. The zero-order valence-corrected chi connectivity index (χ0v) is 27.8. The minimum atomic E-state index is -0.847. The van der Waals surface area contributed by atoms with Gasteiger partial charge in [-0.3, -0.25) is 9.59 Å². The molecule has 3 aromatic carbocycles. The number of anilines is 2. The molecule has 0 unspecified atom stereocenters. The Balaban J connectivity index is 1.49. The SMILES string of the molecule is COC(=O)c1nc(C(=O)Nc2cccc(Cl)c2F)ccc1-c1cc2c(cc1C(=O)Nc1c(C)cc(CN)cc1C)-c1sccc1CCO2. The van der Waals surface area contributed by atoms with E-state index in [2.05, 4.69) is 15.6 Å². The van der Waals surface area contributed by atoms with Gasteiger partial charge in [-0.2, -0.15) is 0 Å². The molecule has 0 bridgehead atoms. The quantitative estimate of drug-likeness (QED) is 0.151. The first-order chi connectivity index (χ1) is 23.1. The summed E-state index contributed by atoms with van der Waals surface area (Å²) >= 11 is 7.42. The number of fused-ring (bicyclic) bond motifs is 3. The highest BCUT2D eigenvalue weighted by atomic mass is 35.5. The van der Waals surface area contributed by atoms with E-state index < -0.39 is 23.6 Å². The molecular weight excluding hydrogens is 655 g/mol. The molecule has 12 heteroatoms. The molecule has 48 heavy (non-hydrogen) atoms. The molecule has 0 atom stereocenters. The fourth-order valence-electron chi connectivity index (χ4n) is 5.72. The first-order valence-electron chi connectivity index (χ1n) is 14.9. The Morgan fingerprint density at radius 3 is 2.50 bits per heavy atom. The molecular formula is C36H30ClFN4O5S. The van der Waals surface area contributed by atoms with E-state index in [1.807, 2.05) is 37.4 Å². The van der Waals surface area contributed by atoms with Gasteiger partial charge in [-0.05, 0) is 83.9 Å². The Kier molecular flexibility index (Phi) is 9.27. The maximum absolute atomic E-state index is 14.5. The van der Waals surface area contributed by atoms with Crippen LogP contribution < -0.4 is 21.1 Å². The standard InChI is InChI=1S/C36H30ClFN4O5S/c1-18-13-20(17-39)14-19(2)31(18)42-34(43)24-15-25-29(47-11-9-21-10-12-48-33(21)25)16-23(24)22-7-8-28(40-32(22)36(45)46-3)35(44)41-27-6-4-5-26(37)30(27)38/h4-8,10,12-16H,9,11,17,39H2,1-3H3,(H,41,44)(H,42,43). The number of nitrogens with one attached hydrogen (secondary N) is 2. The Labute approximate surface area is 284 Å². The Morgan fingerprint density at radius 2 is 1.77 bits per heavy atom. The molecule has 0 saturated heterocycles. The number of amides is 2. The number of hydrogen-bond acceptors (Lipinski definition) is 8. The predicted octanol–water partition coefficient (Wildman–Crippen LogP) is 7.57. The molecule has 2 amide bonds. The number of pyridine rings is 1.